The lowest BCUT2D eigenvalue weighted by atomic mass is 9.82. The molecule has 0 heterocycles. The van der Waals surface area contributed by atoms with Crippen LogP contribution in [-0.4, -0.2) is 12.6 Å². The molecule has 0 unspecified atom stereocenters. The van der Waals surface area contributed by atoms with Crippen LogP contribution in [0.5, 0.6) is 0 Å². The Labute approximate surface area is 157 Å². The van der Waals surface area contributed by atoms with Crippen molar-refractivity contribution in [1.29, 1.82) is 0 Å². The van der Waals surface area contributed by atoms with Crippen molar-refractivity contribution in [3.63, 3.8) is 0 Å². The largest absolute Gasteiger partial charge is 0.465 e. The van der Waals surface area contributed by atoms with Crippen molar-refractivity contribution in [2.75, 3.05) is 6.61 Å². The molecule has 0 saturated carbocycles. The molecule has 0 aliphatic heterocycles. The molecule has 146 valence electrons. The fourth-order valence-electron chi connectivity index (χ4n) is 1.68. The van der Waals surface area contributed by atoms with E-state index in [2.05, 4.69) is 51.1 Å². The van der Waals surface area contributed by atoms with Gasteiger partial charge in [0, 0.05) is 0 Å². The molecule has 2 heteroatoms. The number of carbonyl (C=O) groups excluding carboxylic acids is 1. The molecule has 0 bridgehead atoms. The monoisotopic (exact) mass is 350 g/mol. The zero-order valence-electron chi connectivity index (χ0n) is 18.4. The topological polar surface area (TPSA) is 26.3 Å². The van der Waals surface area contributed by atoms with Crippen molar-refractivity contribution in [1.82, 2.24) is 0 Å². The van der Waals surface area contributed by atoms with Crippen LogP contribution in [0, 0.1) is 11.3 Å². The van der Waals surface area contributed by atoms with Gasteiger partial charge in [0.2, 0.25) is 0 Å². The Morgan fingerprint density at radius 2 is 1.44 bits per heavy atom. The second-order valence-electron chi connectivity index (χ2n) is 7.83. The van der Waals surface area contributed by atoms with Gasteiger partial charge in [0.1, 0.15) is 0 Å². The maximum Gasteiger partial charge on any atom is 0.311 e. The summed E-state index contributed by atoms with van der Waals surface area (Å²) < 4.78 is 5.12. The highest BCUT2D eigenvalue weighted by Gasteiger charge is 2.26. The van der Waals surface area contributed by atoms with Crippen LogP contribution in [-0.2, 0) is 14.9 Å². The maximum atomic E-state index is 11.4. The molecule has 0 N–H and O–H groups in total. The first kappa shape index (κ1) is 25.9. The molecule has 1 rings (SSSR count). The van der Waals surface area contributed by atoms with Crippen molar-refractivity contribution < 1.29 is 9.53 Å². The minimum Gasteiger partial charge on any atom is -0.465 e. The summed E-state index contributed by atoms with van der Waals surface area (Å²) in [5.41, 5.74) is 1.44. The third kappa shape index (κ3) is 11.0. The van der Waals surface area contributed by atoms with Crippen LogP contribution in [0.25, 0.3) is 0 Å². The summed E-state index contributed by atoms with van der Waals surface area (Å²) in [5, 5.41) is 0. The van der Waals surface area contributed by atoms with E-state index >= 15 is 0 Å². The fraction of sp³-hybridized carbons (Fsp3) is 0.696. The summed E-state index contributed by atoms with van der Waals surface area (Å²) >= 11 is 0. The molecule has 2 nitrogen and oxygen atoms in total. The Balaban J connectivity index is 0. The summed E-state index contributed by atoms with van der Waals surface area (Å²) in [6.45, 7) is 21.2. The molecular weight excluding hydrogens is 308 g/mol. The summed E-state index contributed by atoms with van der Waals surface area (Å²) in [4.78, 5) is 11.4. The lowest BCUT2D eigenvalue weighted by molar-refractivity contribution is -0.155. The number of hydrogen-bond donors (Lipinski definition) is 0. The van der Waals surface area contributed by atoms with Gasteiger partial charge in [-0.1, -0.05) is 85.7 Å². The van der Waals surface area contributed by atoms with Gasteiger partial charge in [-0.05, 0) is 43.6 Å². The van der Waals surface area contributed by atoms with E-state index in [4.69, 9.17) is 4.74 Å². The maximum absolute atomic E-state index is 11.4. The third-order valence-corrected chi connectivity index (χ3v) is 4.42. The van der Waals surface area contributed by atoms with Gasteiger partial charge < -0.3 is 4.74 Å². The second kappa shape index (κ2) is 13.0. The predicted molar refractivity (Wildman–Crippen MR) is 111 cm³/mol. The van der Waals surface area contributed by atoms with Gasteiger partial charge >= 0.3 is 5.97 Å². The van der Waals surface area contributed by atoms with Crippen molar-refractivity contribution in [3.8, 4) is 0 Å². The molecule has 0 radical (unpaired) electrons. The van der Waals surface area contributed by atoms with Gasteiger partial charge in [-0.3, -0.25) is 4.79 Å². The van der Waals surface area contributed by atoms with Crippen LogP contribution < -0.4 is 0 Å². The Bertz CT molecular complexity index is 444. The van der Waals surface area contributed by atoms with Gasteiger partial charge in [0.05, 0.1) is 12.0 Å². The van der Waals surface area contributed by atoms with E-state index in [0.717, 1.165) is 6.42 Å². The van der Waals surface area contributed by atoms with Crippen molar-refractivity contribution in [2.45, 2.75) is 87.5 Å². The first-order valence-electron chi connectivity index (χ1n) is 9.79. The minimum atomic E-state index is -0.325. The van der Waals surface area contributed by atoms with E-state index in [1.165, 1.54) is 12.0 Å². The van der Waals surface area contributed by atoms with Gasteiger partial charge in [0.25, 0.3) is 0 Å². The smallest absolute Gasteiger partial charge is 0.311 e. The average molecular weight is 351 g/mol. The molecule has 1 aromatic carbocycles. The standard InChI is InChI=1S/C11H16.C10H20O2.C2H6/c1-4-11(2,3)10-8-6-5-7-9-10;1-6-10(4,5)9(11)12-7-8(2)3;1-2/h5-9H,4H2,1-3H3;8H,6-7H2,1-5H3;1-2H3. The molecule has 0 amide bonds. The third-order valence-electron chi connectivity index (χ3n) is 4.42. The molecule has 0 aromatic heterocycles. The number of hydrogen-bond acceptors (Lipinski definition) is 2. The zero-order chi connectivity index (χ0) is 20.1. The second-order valence-corrected chi connectivity index (χ2v) is 7.83. The van der Waals surface area contributed by atoms with E-state index in [0.29, 0.717) is 17.9 Å². The van der Waals surface area contributed by atoms with Crippen molar-refractivity contribution in [2.24, 2.45) is 11.3 Å². The lowest BCUT2D eigenvalue weighted by Gasteiger charge is -2.22. The van der Waals surface area contributed by atoms with Crippen LogP contribution >= 0.6 is 0 Å². The van der Waals surface area contributed by atoms with E-state index in [1.54, 1.807) is 0 Å². The molecule has 0 spiro atoms. The summed E-state index contributed by atoms with van der Waals surface area (Å²) in [5.74, 6) is 0.334. The minimum absolute atomic E-state index is 0.0845. The zero-order valence-corrected chi connectivity index (χ0v) is 18.4. The average Bonchev–Trinajstić information content (AvgIpc) is 2.62. The quantitative estimate of drug-likeness (QED) is 0.515. The first-order valence-corrected chi connectivity index (χ1v) is 9.79. The Morgan fingerprint density at radius 3 is 1.80 bits per heavy atom. The summed E-state index contributed by atoms with van der Waals surface area (Å²) in [6, 6.07) is 10.7. The normalized spacial score (nSPS) is 11.0. The molecule has 1 aromatic rings. The Morgan fingerprint density at radius 1 is 0.960 bits per heavy atom. The van der Waals surface area contributed by atoms with Crippen LogP contribution in [0.1, 0.15) is 87.6 Å². The van der Waals surface area contributed by atoms with E-state index in [1.807, 2.05) is 48.5 Å². The highest BCUT2D eigenvalue weighted by Crippen LogP contribution is 2.25. The van der Waals surface area contributed by atoms with Gasteiger partial charge in [-0.25, -0.2) is 0 Å². The van der Waals surface area contributed by atoms with Gasteiger partial charge in [-0.2, -0.15) is 0 Å². The highest BCUT2D eigenvalue weighted by atomic mass is 16.5. The molecular formula is C23H42O2. The van der Waals surface area contributed by atoms with E-state index in [9.17, 15) is 4.79 Å². The van der Waals surface area contributed by atoms with Gasteiger partial charge in [-0.15, -0.1) is 0 Å². The molecule has 0 atom stereocenters. The summed E-state index contributed by atoms with van der Waals surface area (Å²) in [7, 11) is 0. The highest BCUT2D eigenvalue weighted by molar-refractivity contribution is 5.75. The Hall–Kier alpha value is -1.31. The fourth-order valence-corrected chi connectivity index (χ4v) is 1.68. The number of ether oxygens (including phenoxy) is 1. The molecule has 0 aliphatic rings. The van der Waals surface area contributed by atoms with Crippen LogP contribution in [0.3, 0.4) is 0 Å². The van der Waals surface area contributed by atoms with Gasteiger partial charge in [0.15, 0.2) is 0 Å². The van der Waals surface area contributed by atoms with E-state index in [-0.39, 0.29) is 11.4 Å². The van der Waals surface area contributed by atoms with Crippen LogP contribution in [0.4, 0.5) is 0 Å². The van der Waals surface area contributed by atoms with E-state index < -0.39 is 0 Å². The van der Waals surface area contributed by atoms with Crippen LogP contribution in [0.15, 0.2) is 30.3 Å². The molecule has 0 saturated heterocycles. The van der Waals surface area contributed by atoms with Crippen LogP contribution in [0.2, 0.25) is 0 Å². The summed E-state index contributed by atoms with van der Waals surface area (Å²) in [6.07, 6.45) is 2.01. The van der Waals surface area contributed by atoms with Crippen molar-refractivity contribution in [3.05, 3.63) is 35.9 Å². The number of carbonyl (C=O) groups is 1. The Kier molecular flexibility index (Phi) is 13.4. The lowest BCUT2D eigenvalue weighted by Crippen LogP contribution is -2.26. The predicted octanol–water partition coefficient (Wildman–Crippen LogP) is 7.02. The first-order chi connectivity index (χ1) is 11.6. The molecule has 0 aliphatic carbocycles. The number of esters is 1. The molecule has 0 fully saturated rings. The number of benzene rings is 1. The van der Waals surface area contributed by atoms with Crippen molar-refractivity contribution >= 4 is 5.97 Å². The molecule has 25 heavy (non-hydrogen) atoms. The SMILES string of the molecule is CC.CCC(C)(C)C(=O)OCC(C)C.CCC(C)(C)c1ccccc1. The number of rotatable bonds is 6.